The highest BCUT2D eigenvalue weighted by molar-refractivity contribution is 5.92. The van der Waals surface area contributed by atoms with E-state index in [1.807, 2.05) is 48.5 Å². The van der Waals surface area contributed by atoms with Crippen LogP contribution in [0.15, 0.2) is 66.7 Å². The predicted octanol–water partition coefficient (Wildman–Crippen LogP) is 5.36. The Kier molecular flexibility index (Phi) is 5.04. The van der Waals surface area contributed by atoms with Crippen LogP contribution in [0.3, 0.4) is 0 Å². The van der Waals surface area contributed by atoms with Crippen LogP contribution in [0.25, 0.3) is 22.2 Å². The Morgan fingerprint density at radius 2 is 1.79 bits per heavy atom. The summed E-state index contributed by atoms with van der Waals surface area (Å²) >= 11 is 0. The Bertz CT molecular complexity index is 1180. The molecule has 5 heteroatoms. The highest BCUT2D eigenvalue weighted by Gasteiger charge is 2.19. The molecule has 0 atom stereocenters. The number of hydrogen-bond acceptors (Lipinski definition) is 3. The van der Waals surface area contributed by atoms with Crippen LogP contribution in [0.5, 0.6) is 5.75 Å². The van der Waals surface area contributed by atoms with Crippen molar-refractivity contribution >= 4 is 16.9 Å². The van der Waals surface area contributed by atoms with Gasteiger partial charge in [0.15, 0.2) is 0 Å². The summed E-state index contributed by atoms with van der Waals surface area (Å²) in [5, 5.41) is 0.979. The van der Waals surface area contributed by atoms with Crippen LogP contribution < -0.4 is 4.74 Å². The molecule has 4 rings (SSSR count). The molecule has 0 aliphatic rings. The number of rotatable bonds is 5. The van der Waals surface area contributed by atoms with E-state index in [2.05, 4.69) is 4.98 Å². The molecule has 0 bridgehead atoms. The SMILES string of the molecule is COC(=O)c1cccc(Cc2c(-c3ccccc3)[nH]c3cc(OC)ccc23)c1F. The van der Waals surface area contributed by atoms with E-state index in [0.717, 1.165) is 33.5 Å². The maximum absolute atomic E-state index is 15.0. The number of carbonyl (C=O) groups is 1. The average molecular weight is 389 g/mol. The standard InChI is InChI=1S/C24H20FNO3/c1-28-17-11-12-18-20(13-16-9-6-10-19(22(16)25)24(27)29-2)23(26-21(18)14-17)15-7-4-3-5-8-15/h3-12,14,26H,13H2,1-2H3. The molecule has 146 valence electrons. The smallest absolute Gasteiger partial charge is 0.340 e. The Morgan fingerprint density at radius 3 is 2.52 bits per heavy atom. The highest BCUT2D eigenvalue weighted by Crippen LogP contribution is 2.34. The third kappa shape index (κ3) is 3.47. The van der Waals surface area contributed by atoms with Crippen LogP contribution >= 0.6 is 0 Å². The molecule has 29 heavy (non-hydrogen) atoms. The van der Waals surface area contributed by atoms with Crippen molar-refractivity contribution in [2.24, 2.45) is 0 Å². The molecule has 0 aliphatic carbocycles. The van der Waals surface area contributed by atoms with Crippen LogP contribution in [0.1, 0.15) is 21.5 Å². The third-order valence-corrected chi connectivity index (χ3v) is 5.03. The number of hydrogen-bond donors (Lipinski definition) is 1. The molecule has 1 aromatic heterocycles. The Morgan fingerprint density at radius 1 is 1.00 bits per heavy atom. The summed E-state index contributed by atoms with van der Waals surface area (Å²) in [6.45, 7) is 0. The van der Waals surface area contributed by atoms with Gasteiger partial charge in [0.2, 0.25) is 0 Å². The minimum atomic E-state index is -0.684. The summed E-state index contributed by atoms with van der Waals surface area (Å²) in [4.78, 5) is 15.3. The summed E-state index contributed by atoms with van der Waals surface area (Å²) in [5.74, 6) is -0.499. The second kappa shape index (κ2) is 7.80. The van der Waals surface area contributed by atoms with Gasteiger partial charge in [-0.2, -0.15) is 0 Å². The van der Waals surface area contributed by atoms with Gasteiger partial charge in [-0.1, -0.05) is 42.5 Å². The van der Waals surface area contributed by atoms with E-state index in [4.69, 9.17) is 9.47 Å². The molecule has 1 N–H and O–H groups in total. The summed E-state index contributed by atoms with van der Waals surface area (Å²) in [5.41, 5.74) is 4.14. The van der Waals surface area contributed by atoms with Gasteiger partial charge < -0.3 is 14.5 Å². The second-order valence-corrected chi connectivity index (χ2v) is 6.70. The molecule has 0 amide bonds. The largest absolute Gasteiger partial charge is 0.497 e. The van der Waals surface area contributed by atoms with Gasteiger partial charge in [-0.3, -0.25) is 0 Å². The third-order valence-electron chi connectivity index (χ3n) is 5.03. The van der Waals surface area contributed by atoms with Crippen molar-refractivity contribution in [3.05, 3.63) is 89.2 Å². The van der Waals surface area contributed by atoms with E-state index < -0.39 is 11.8 Å². The minimum Gasteiger partial charge on any atom is -0.497 e. The second-order valence-electron chi connectivity index (χ2n) is 6.70. The molecule has 0 spiro atoms. The van der Waals surface area contributed by atoms with Crippen molar-refractivity contribution in [1.29, 1.82) is 0 Å². The van der Waals surface area contributed by atoms with Crippen molar-refractivity contribution in [2.45, 2.75) is 6.42 Å². The van der Waals surface area contributed by atoms with Gasteiger partial charge in [0.05, 0.1) is 25.5 Å². The Labute approximate surface area is 167 Å². The minimum absolute atomic E-state index is 0.0622. The molecule has 4 nitrogen and oxygen atoms in total. The lowest BCUT2D eigenvalue weighted by atomic mass is 9.97. The first kappa shape index (κ1) is 18.7. The van der Waals surface area contributed by atoms with Gasteiger partial charge in [-0.15, -0.1) is 0 Å². The van der Waals surface area contributed by atoms with Crippen LogP contribution in [-0.2, 0) is 11.2 Å². The number of aromatic nitrogens is 1. The fourth-order valence-corrected chi connectivity index (χ4v) is 3.57. The molecule has 0 saturated carbocycles. The monoisotopic (exact) mass is 389 g/mol. The molecular formula is C24H20FNO3. The fraction of sp³-hybridized carbons (Fsp3) is 0.125. The molecule has 0 radical (unpaired) electrons. The highest BCUT2D eigenvalue weighted by atomic mass is 19.1. The summed E-state index contributed by atoms with van der Waals surface area (Å²) in [7, 11) is 2.87. The lowest BCUT2D eigenvalue weighted by Gasteiger charge is -2.09. The molecule has 1 heterocycles. The number of esters is 1. The lowest BCUT2D eigenvalue weighted by molar-refractivity contribution is 0.0595. The molecule has 0 saturated heterocycles. The van der Waals surface area contributed by atoms with Gasteiger partial charge in [0.25, 0.3) is 0 Å². The van der Waals surface area contributed by atoms with E-state index in [9.17, 15) is 4.79 Å². The van der Waals surface area contributed by atoms with Gasteiger partial charge >= 0.3 is 5.97 Å². The van der Waals surface area contributed by atoms with Crippen molar-refractivity contribution < 1.29 is 18.7 Å². The summed E-state index contributed by atoms with van der Waals surface area (Å²) in [6, 6.07) is 20.5. The van der Waals surface area contributed by atoms with E-state index in [1.165, 1.54) is 13.2 Å². The normalized spacial score (nSPS) is 10.9. The summed E-state index contributed by atoms with van der Waals surface area (Å²) < 4.78 is 25.1. The van der Waals surface area contributed by atoms with E-state index in [-0.39, 0.29) is 5.56 Å². The lowest BCUT2D eigenvalue weighted by Crippen LogP contribution is -2.07. The summed E-state index contributed by atoms with van der Waals surface area (Å²) in [6.07, 6.45) is 0.327. The zero-order valence-corrected chi connectivity index (χ0v) is 16.2. The van der Waals surface area contributed by atoms with Crippen LogP contribution in [0.4, 0.5) is 4.39 Å². The number of carbonyl (C=O) groups excluding carboxylic acids is 1. The van der Waals surface area contributed by atoms with Gasteiger partial charge in [-0.25, -0.2) is 9.18 Å². The van der Waals surface area contributed by atoms with E-state index >= 15 is 4.39 Å². The zero-order valence-electron chi connectivity index (χ0n) is 16.2. The average Bonchev–Trinajstić information content (AvgIpc) is 3.12. The first-order valence-electron chi connectivity index (χ1n) is 9.22. The van der Waals surface area contributed by atoms with Crippen LogP contribution in [0.2, 0.25) is 0 Å². The number of fused-ring (bicyclic) bond motifs is 1. The topological polar surface area (TPSA) is 51.3 Å². The fourth-order valence-electron chi connectivity index (χ4n) is 3.57. The van der Waals surface area contributed by atoms with Gasteiger partial charge in [0.1, 0.15) is 11.6 Å². The first-order chi connectivity index (χ1) is 14.1. The number of methoxy groups -OCH3 is 2. The van der Waals surface area contributed by atoms with Gasteiger partial charge in [-0.05, 0) is 34.9 Å². The number of benzene rings is 3. The number of halogens is 1. The molecule has 0 aliphatic heterocycles. The molecule has 0 unspecified atom stereocenters. The molecule has 0 fully saturated rings. The molecule has 4 aromatic rings. The van der Waals surface area contributed by atoms with Crippen LogP contribution in [0, 0.1) is 5.82 Å². The van der Waals surface area contributed by atoms with Crippen LogP contribution in [-0.4, -0.2) is 25.2 Å². The number of ether oxygens (including phenoxy) is 2. The van der Waals surface area contributed by atoms with Crippen molar-refractivity contribution in [1.82, 2.24) is 4.98 Å². The number of nitrogens with one attached hydrogen (secondary N) is 1. The number of aromatic amines is 1. The molecular weight excluding hydrogens is 369 g/mol. The van der Waals surface area contributed by atoms with Gasteiger partial charge in [0, 0.05) is 23.4 Å². The zero-order chi connectivity index (χ0) is 20.4. The van der Waals surface area contributed by atoms with E-state index in [0.29, 0.717) is 12.0 Å². The quantitative estimate of drug-likeness (QED) is 0.468. The van der Waals surface area contributed by atoms with Crippen molar-refractivity contribution in [3.63, 3.8) is 0 Å². The number of H-pyrrole nitrogens is 1. The Hall–Kier alpha value is -3.60. The maximum Gasteiger partial charge on any atom is 0.340 e. The maximum atomic E-state index is 15.0. The Balaban J connectivity index is 1.88. The van der Waals surface area contributed by atoms with Crippen molar-refractivity contribution in [2.75, 3.05) is 14.2 Å². The van der Waals surface area contributed by atoms with Crippen molar-refractivity contribution in [3.8, 4) is 17.0 Å². The first-order valence-corrected chi connectivity index (χ1v) is 9.22. The van der Waals surface area contributed by atoms with E-state index in [1.54, 1.807) is 19.2 Å². The molecule has 3 aromatic carbocycles. The predicted molar refractivity (Wildman–Crippen MR) is 111 cm³/mol.